The van der Waals surface area contributed by atoms with Crippen molar-refractivity contribution in [2.45, 2.75) is 13.3 Å². The Morgan fingerprint density at radius 3 is 2.74 bits per heavy atom. The SMILES string of the molecule is CCc1nc2nc(-n3ccnc3-c3ccc(F)cc3)ncc2n2cnnc12. The van der Waals surface area contributed by atoms with Crippen molar-refractivity contribution in [3.05, 3.63) is 60.7 Å². The Morgan fingerprint density at radius 2 is 1.93 bits per heavy atom. The second-order valence-electron chi connectivity index (χ2n) is 5.94. The van der Waals surface area contributed by atoms with Crippen molar-refractivity contribution in [1.82, 2.24) is 39.1 Å². The zero-order valence-corrected chi connectivity index (χ0v) is 14.3. The number of halogens is 1. The van der Waals surface area contributed by atoms with Crippen LogP contribution < -0.4 is 0 Å². The molecule has 0 radical (unpaired) electrons. The van der Waals surface area contributed by atoms with E-state index in [2.05, 4.69) is 30.1 Å². The molecular weight excluding hydrogens is 347 g/mol. The second-order valence-corrected chi connectivity index (χ2v) is 5.94. The van der Waals surface area contributed by atoms with Gasteiger partial charge in [-0.25, -0.2) is 19.3 Å². The average Bonchev–Trinajstić information content (AvgIpc) is 3.37. The van der Waals surface area contributed by atoms with Gasteiger partial charge >= 0.3 is 0 Å². The number of hydrogen-bond acceptors (Lipinski definition) is 6. The smallest absolute Gasteiger partial charge is 0.237 e. The van der Waals surface area contributed by atoms with Crippen molar-refractivity contribution < 1.29 is 4.39 Å². The van der Waals surface area contributed by atoms with Crippen LogP contribution in [0.25, 0.3) is 34.1 Å². The fourth-order valence-corrected chi connectivity index (χ4v) is 3.03. The highest BCUT2D eigenvalue weighted by Crippen LogP contribution is 2.21. The van der Waals surface area contributed by atoms with Crippen molar-refractivity contribution in [2.24, 2.45) is 0 Å². The van der Waals surface area contributed by atoms with Gasteiger partial charge in [-0.05, 0) is 30.7 Å². The summed E-state index contributed by atoms with van der Waals surface area (Å²) in [6.07, 6.45) is 7.44. The first kappa shape index (κ1) is 15.5. The molecule has 4 heterocycles. The Labute approximate surface area is 152 Å². The van der Waals surface area contributed by atoms with Gasteiger partial charge in [-0.1, -0.05) is 6.92 Å². The Bertz CT molecular complexity index is 1270. The summed E-state index contributed by atoms with van der Waals surface area (Å²) in [7, 11) is 0. The molecule has 0 N–H and O–H groups in total. The Hall–Kier alpha value is -3.75. The number of hydrogen-bond donors (Lipinski definition) is 0. The molecule has 0 unspecified atom stereocenters. The number of rotatable bonds is 3. The maximum Gasteiger partial charge on any atom is 0.237 e. The molecule has 8 nitrogen and oxygen atoms in total. The lowest BCUT2D eigenvalue weighted by Gasteiger charge is -2.08. The molecule has 9 heteroatoms. The molecule has 0 amide bonds. The molecule has 0 saturated carbocycles. The number of imidazole rings is 1. The summed E-state index contributed by atoms with van der Waals surface area (Å²) in [5, 5.41) is 8.09. The van der Waals surface area contributed by atoms with E-state index in [4.69, 9.17) is 0 Å². The van der Waals surface area contributed by atoms with Crippen molar-refractivity contribution >= 4 is 16.8 Å². The van der Waals surface area contributed by atoms with Crippen LogP contribution in [0.4, 0.5) is 4.39 Å². The Balaban J connectivity index is 1.69. The molecule has 0 bridgehead atoms. The molecule has 0 saturated heterocycles. The van der Waals surface area contributed by atoms with Crippen molar-refractivity contribution in [2.75, 3.05) is 0 Å². The summed E-state index contributed by atoms with van der Waals surface area (Å²) in [5.74, 6) is 0.754. The van der Waals surface area contributed by atoms with E-state index in [9.17, 15) is 4.39 Å². The lowest BCUT2D eigenvalue weighted by atomic mass is 10.2. The van der Waals surface area contributed by atoms with Crippen LogP contribution in [-0.4, -0.2) is 39.1 Å². The fraction of sp³-hybridized carbons (Fsp3) is 0.111. The molecule has 132 valence electrons. The van der Waals surface area contributed by atoms with Crippen LogP contribution in [0.1, 0.15) is 12.6 Å². The van der Waals surface area contributed by atoms with Crippen molar-refractivity contribution in [3.8, 4) is 17.3 Å². The Kier molecular flexibility index (Phi) is 3.39. The number of aryl methyl sites for hydroxylation is 1. The van der Waals surface area contributed by atoms with Gasteiger partial charge in [0, 0.05) is 18.0 Å². The van der Waals surface area contributed by atoms with Crippen LogP contribution in [0.2, 0.25) is 0 Å². The van der Waals surface area contributed by atoms with Gasteiger partial charge in [0.05, 0.1) is 11.9 Å². The monoisotopic (exact) mass is 360 g/mol. The van der Waals surface area contributed by atoms with Crippen molar-refractivity contribution in [3.63, 3.8) is 0 Å². The van der Waals surface area contributed by atoms with Gasteiger partial charge in [0.1, 0.15) is 23.5 Å². The van der Waals surface area contributed by atoms with Gasteiger partial charge in [-0.2, -0.15) is 4.98 Å². The fourth-order valence-electron chi connectivity index (χ4n) is 3.03. The van der Waals surface area contributed by atoms with Gasteiger partial charge in [0.25, 0.3) is 0 Å². The number of fused-ring (bicyclic) bond motifs is 3. The normalized spacial score (nSPS) is 11.5. The quantitative estimate of drug-likeness (QED) is 0.492. The van der Waals surface area contributed by atoms with Crippen LogP contribution in [0.3, 0.4) is 0 Å². The lowest BCUT2D eigenvalue weighted by Crippen LogP contribution is -2.06. The van der Waals surface area contributed by atoms with Gasteiger partial charge in [0.15, 0.2) is 11.3 Å². The van der Waals surface area contributed by atoms with E-state index in [-0.39, 0.29) is 5.82 Å². The lowest BCUT2D eigenvalue weighted by molar-refractivity contribution is 0.628. The van der Waals surface area contributed by atoms with E-state index in [0.29, 0.717) is 29.5 Å². The predicted molar refractivity (Wildman–Crippen MR) is 95.8 cm³/mol. The van der Waals surface area contributed by atoms with E-state index >= 15 is 0 Å². The van der Waals surface area contributed by atoms with Gasteiger partial charge in [0.2, 0.25) is 5.95 Å². The summed E-state index contributed by atoms with van der Waals surface area (Å²) in [5.41, 5.74) is 3.55. The van der Waals surface area contributed by atoms with Crippen LogP contribution >= 0.6 is 0 Å². The van der Waals surface area contributed by atoms with Gasteiger partial charge in [-0.15, -0.1) is 10.2 Å². The molecule has 27 heavy (non-hydrogen) atoms. The molecule has 0 spiro atoms. The molecule has 0 fully saturated rings. The molecule has 5 rings (SSSR count). The summed E-state index contributed by atoms with van der Waals surface area (Å²) in [6, 6.07) is 6.13. The standard InChI is InChI=1S/C18H13FN8/c1-2-13-17-25-22-10-27(17)14-9-21-18(24-15(14)23-13)26-8-7-20-16(26)11-3-5-12(19)6-4-11/h3-10H,2H2,1H3. The highest BCUT2D eigenvalue weighted by Gasteiger charge is 2.14. The predicted octanol–water partition coefficient (Wildman–Crippen LogP) is 2.62. The van der Waals surface area contributed by atoms with Crippen molar-refractivity contribution in [1.29, 1.82) is 0 Å². The van der Waals surface area contributed by atoms with Crippen LogP contribution in [0.15, 0.2) is 49.2 Å². The minimum Gasteiger partial charge on any atom is -0.275 e. The third kappa shape index (κ3) is 2.43. The van der Waals surface area contributed by atoms with Crippen LogP contribution in [0, 0.1) is 5.82 Å². The zero-order chi connectivity index (χ0) is 18.4. The summed E-state index contributed by atoms with van der Waals surface area (Å²) < 4.78 is 16.8. The molecular formula is C18H13FN8. The first-order valence-corrected chi connectivity index (χ1v) is 8.39. The molecule has 5 aromatic rings. The van der Waals surface area contributed by atoms with E-state index in [1.165, 1.54) is 12.1 Å². The van der Waals surface area contributed by atoms with Gasteiger partial charge < -0.3 is 0 Å². The topological polar surface area (TPSA) is 86.7 Å². The first-order chi connectivity index (χ1) is 13.2. The van der Waals surface area contributed by atoms with E-state index < -0.39 is 0 Å². The number of benzene rings is 1. The van der Waals surface area contributed by atoms with Gasteiger partial charge in [-0.3, -0.25) is 8.97 Å². The third-order valence-corrected chi connectivity index (χ3v) is 4.34. The summed E-state index contributed by atoms with van der Waals surface area (Å²) in [4.78, 5) is 18.1. The summed E-state index contributed by atoms with van der Waals surface area (Å²) in [6.45, 7) is 2.01. The highest BCUT2D eigenvalue weighted by molar-refractivity contribution is 5.74. The van der Waals surface area contributed by atoms with Crippen LogP contribution in [-0.2, 0) is 6.42 Å². The maximum absolute atomic E-state index is 13.2. The molecule has 1 aromatic carbocycles. The Morgan fingerprint density at radius 1 is 1.07 bits per heavy atom. The molecule has 0 atom stereocenters. The first-order valence-electron chi connectivity index (χ1n) is 8.39. The minimum absolute atomic E-state index is 0.298. The average molecular weight is 360 g/mol. The molecule has 0 aliphatic carbocycles. The second kappa shape index (κ2) is 5.90. The molecule has 0 aliphatic rings. The zero-order valence-electron chi connectivity index (χ0n) is 14.3. The molecule has 4 aromatic heterocycles. The van der Waals surface area contributed by atoms with E-state index in [0.717, 1.165) is 16.8 Å². The van der Waals surface area contributed by atoms with E-state index in [1.54, 1.807) is 41.6 Å². The maximum atomic E-state index is 13.2. The number of nitrogens with zero attached hydrogens (tertiary/aromatic N) is 8. The minimum atomic E-state index is -0.298. The summed E-state index contributed by atoms with van der Waals surface area (Å²) >= 11 is 0. The highest BCUT2D eigenvalue weighted by atomic mass is 19.1. The molecule has 0 aliphatic heterocycles. The third-order valence-electron chi connectivity index (χ3n) is 4.34. The largest absolute Gasteiger partial charge is 0.275 e. The van der Waals surface area contributed by atoms with E-state index in [1.807, 2.05) is 11.3 Å². The van der Waals surface area contributed by atoms with Crippen LogP contribution in [0.5, 0.6) is 0 Å². The number of aromatic nitrogens is 8.